The predicted octanol–water partition coefficient (Wildman–Crippen LogP) is 2.45. The van der Waals surface area contributed by atoms with E-state index >= 15 is 0 Å². The van der Waals surface area contributed by atoms with Crippen LogP contribution in [0.25, 0.3) is 0 Å². The summed E-state index contributed by atoms with van der Waals surface area (Å²) in [6.07, 6.45) is 1.98. The average molecular weight is 297 g/mol. The highest BCUT2D eigenvalue weighted by Gasteiger charge is 2.20. The zero-order valence-corrected chi connectivity index (χ0v) is 12.7. The highest BCUT2D eigenvalue weighted by atomic mass is 35.5. The number of hydrogen-bond donors (Lipinski definition) is 1. The van der Waals surface area contributed by atoms with E-state index in [0.29, 0.717) is 11.1 Å². The Morgan fingerprint density at radius 2 is 2.15 bits per heavy atom. The summed E-state index contributed by atoms with van der Waals surface area (Å²) in [5.41, 5.74) is 1.06. The van der Waals surface area contributed by atoms with Gasteiger partial charge in [0.1, 0.15) is 5.75 Å². The number of hydrogen-bond acceptors (Lipinski definition) is 3. The molecule has 0 radical (unpaired) electrons. The molecule has 1 N–H and O–H groups in total. The van der Waals surface area contributed by atoms with Gasteiger partial charge in [-0.05, 0) is 31.0 Å². The first kappa shape index (κ1) is 15.1. The number of ether oxygens (including phenoxy) is 1. The number of nitrogens with zero attached hydrogens (tertiary/aromatic N) is 1. The Morgan fingerprint density at radius 3 is 2.75 bits per heavy atom. The van der Waals surface area contributed by atoms with Crippen LogP contribution in [0.15, 0.2) is 18.2 Å². The third-order valence-corrected chi connectivity index (χ3v) is 4.00. The van der Waals surface area contributed by atoms with Gasteiger partial charge in [0.05, 0.1) is 7.11 Å². The van der Waals surface area contributed by atoms with Gasteiger partial charge in [0, 0.05) is 43.2 Å². The summed E-state index contributed by atoms with van der Waals surface area (Å²) in [7, 11) is 1.66. The lowest BCUT2D eigenvalue weighted by atomic mass is 10.0. The predicted molar refractivity (Wildman–Crippen MR) is 80.1 cm³/mol. The van der Waals surface area contributed by atoms with Crippen molar-refractivity contribution in [3.8, 4) is 5.75 Å². The van der Waals surface area contributed by atoms with Gasteiger partial charge in [-0.25, -0.2) is 0 Å². The van der Waals surface area contributed by atoms with Gasteiger partial charge in [-0.3, -0.25) is 4.79 Å². The van der Waals surface area contributed by atoms with Crippen LogP contribution in [0.2, 0.25) is 5.02 Å². The second kappa shape index (κ2) is 6.95. The van der Waals surface area contributed by atoms with Gasteiger partial charge in [0.2, 0.25) is 5.91 Å². The first-order valence-electron chi connectivity index (χ1n) is 6.91. The Labute approximate surface area is 125 Å². The van der Waals surface area contributed by atoms with Crippen LogP contribution >= 0.6 is 11.6 Å². The zero-order chi connectivity index (χ0) is 14.5. The van der Waals surface area contributed by atoms with Crippen molar-refractivity contribution in [1.82, 2.24) is 10.2 Å². The van der Waals surface area contributed by atoms with Crippen molar-refractivity contribution in [2.75, 3.05) is 20.2 Å². The van der Waals surface area contributed by atoms with Crippen molar-refractivity contribution in [3.63, 3.8) is 0 Å². The molecule has 0 spiro atoms. The third kappa shape index (κ3) is 3.87. The number of carbonyl (C=O) groups excluding carboxylic acids is 1. The SMILES string of the molecule is COc1ccc(Cl)cc1CNC1CCN(C(C)=O)CC1. The van der Waals surface area contributed by atoms with E-state index in [1.54, 1.807) is 14.0 Å². The molecule has 110 valence electrons. The number of carbonyl (C=O) groups is 1. The van der Waals surface area contributed by atoms with Crippen LogP contribution in [0.3, 0.4) is 0 Å². The standard InChI is InChI=1S/C15H21ClN2O2/c1-11(19)18-7-5-14(6-8-18)17-10-12-9-13(16)3-4-15(12)20-2/h3-4,9,14,17H,5-8,10H2,1-2H3. The Morgan fingerprint density at radius 1 is 1.45 bits per heavy atom. The minimum absolute atomic E-state index is 0.167. The van der Waals surface area contributed by atoms with Crippen LogP contribution in [0.4, 0.5) is 0 Å². The maximum absolute atomic E-state index is 11.3. The summed E-state index contributed by atoms with van der Waals surface area (Å²) in [5.74, 6) is 1.02. The summed E-state index contributed by atoms with van der Waals surface area (Å²) in [4.78, 5) is 13.2. The van der Waals surface area contributed by atoms with Gasteiger partial charge in [-0.2, -0.15) is 0 Å². The topological polar surface area (TPSA) is 41.6 Å². The molecule has 1 aliphatic rings. The lowest BCUT2D eigenvalue weighted by Crippen LogP contribution is -2.43. The summed E-state index contributed by atoms with van der Waals surface area (Å²) < 4.78 is 5.34. The molecule has 2 rings (SSSR count). The maximum atomic E-state index is 11.3. The average Bonchev–Trinajstić information content (AvgIpc) is 2.45. The maximum Gasteiger partial charge on any atom is 0.219 e. The van der Waals surface area contributed by atoms with Crippen LogP contribution in [0.1, 0.15) is 25.3 Å². The Hall–Kier alpha value is -1.26. The first-order valence-corrected chi connectivity index (χ1v) is 7.29. The minimum Gasteiger partial charge on any atom is -0.496 e. The highest BCUT2D eigenvalue weighted by Crippen LogP contribution is 2.23. The lowest BCUT2D eigenvalue weighted by molar-refractivity contribution is -0.129. The Bertz CT molecular complexity index is 471. The molecule has 4 nitrogen and oxygen atoms in total. The molecule has 1 aromatic carbocycles. The molecule has 0 unspecified atom stereocenters. The molecule has 0 aliphatic carbocycles. The number of amides is 1. The molecule has 0 aromatic heterocycles. The Kier molecular flexibility index (Phi) is 5.26. The number of likely N-dealkylation sites (tertiary alicyclic amines) is 1. The minimum atomic E-state index is 0.167. The van der Waals surface area contributed by atoms with Crippen molar-refractivity contribution in [3.05, 3.63) is 28.8 Å². The summed E-state index contributed by atoms with van der Waals surface area (Å²) >= 11 is 6.02. The summed E-state index contributed by atoms with van der Waals surface area (Å²) in [5, 5.41) is 4.24. The van der Waals surface area contributed by atoms with Crippen LogP contribution in [-0.2, 0) is 11.3 Å². The largest absolute Gasteiger partial charge is 0.496 e. The molecule has 1 fully saturated rings. The molecule has 20 heavy (non-hydrogen) atoms. The summed E-state index contributed by atoms with van der Waals surface area (Å²) in [6, 6.07) is 6.08. The fourth-order valence-electron chi connectivity index (χ4n) is 2.54. The summed E-state index contributed by atoms with van der Waals surface area (Å²) in [6.45, 7) is 4.03. The second-order valence-corrected chi connectivity index (χ2v) is 5.55. The van der Waals surface area contributed by atoms with Gasteiger partial charge in [-0.15, -0.1) is 0 Å². The van der Waals surface area contributed by atoms with E-state index in [1.807, 2.05) is 23.1 Å². The van der Waals surface area contributed by atoms with Crippen molar-refractivity contribution >= 4 is 17.5 Å². The van der Waals surface area contributed by atoms with Crippen molar-refractivity contribution < 1.29 is 9.53 Å². The third-order valence-electron chi connectivity index (χ3n) is 3.76. The lowest BCUT2D eigenvalue weighted by Gasteiger charge is -2.32. The van der Waals surface area contributed by atoms with Crippen LogP contribution < -0.4 is 10.1 Å². The van der Waals surface area contributed by atoms with Gasteiger partial charge in [0.25, 0.3) is 0 Å². The van der Waals surface area contributed by atoms with Crippen LogP contribution in [-0.4, -0.2) is 37.0 Å². The van der Waals surface area contributed by atoms with E-state index in [0.717, 1.165) is 43.8 Å². The number of benzene rings is 1. The highest BCUT2D eigenvalue weighted by molar-refractivity contribution is 6.30. The van der Waals surface area contributed by atoms with E-state index in [-0.39, 0.29) is 5.91 Å². The molecule has 0 atom stereocenters. The van der Waals surface area contributed by atoms with Crippen LogP contribution in [0.5, 0.6) is 5.75 Å². The molecule has 1 aliphatic heterocycles. The van der Waals surface area contributed by atoms with Gasteiger partial charge < -0.3 is 15.0 Å². The molecular weight excluding hydrogens is 276 g/mol. The van der Waals surface area contributed by atoms with Gasteiger partial charge in [0.15, 0.2) is 0 Å². The number of halogens is 1. The van der Waals surface area contributed by atoms with E-state index in [1.165, 1.54) is 0 Å². The fraction of sp³-hybridized carbons (Fsp3) is 0.533. The molecule has 1 amide bonds. The normalized spacial score (nSPS) is 16.2. The number of nitrogens with one attached hydrogen (secondary N) is 1. The Balaban J connectivity index is 1.87. The number of methoxy groups -OCH3 is 1. The second-order valence-electron chi connectivity index (χ2n) is 5.12. The quantitative estimate of drug-likeness (QED) is 0.928. The van der Waals surface area contributed by atoms with Crippen molar-refractivity contribution in [2.24, 2.45) is 0 Å². The van der Waals surface area contributed by atoms with E-state index in [2.05, 4.69) is 5.32 Å². The van der Waals surface area contributed by atoms with Crippen LogP contribution in [0, 0.1) is 0 Å². The molecule has 1 aromatic rings. The first-order chi connectivity index (χ1) is 9.60. The van der Waals surface area contributed by atoms with E-state index in [9.17, 15) is 4.79 Å². The molecule has 1 saturated heterocycles. The van der Waals surface area contributed by atoms with Crippen molar-refractivity contribution in [2.45, 2.75) is 32.4 Å². The fourth-order valence-corrected chi connectivity index (χ4v) is 2.73. The van der Waals surface area contributed by atoms with E-state index in [4.69, 9.17) is 16.3 Å². The number of rotatable bonds is 4. The van der Waals surface area contributed by atoms with Crippen molar-refractivity contribution in [1.29, 1.82) is 0 Å². The smallest absolute Gasteiger partial charge is 0.219 e. The van der Waals surface area contributed by atoms with Gasteiger partial charge >= 0.3 is 0 Å². The van der Waals surface area contributed by atoms with Gasteiger partial charge in [-0.1, -0.05) is 11.6 Å². The monoisotopic (exact) mass is 296 g/mol. The molecule has 1 heterocycles. The van der Waals surface area contributed by atoms with E-state index < -0.39 is 0 Å². The molecule has 5 heteroatoms. The molecular formula is C15H21ClN2O2. The zero-order valence-electron chi connectivity index (χ0n) is 12.0. The molecule has 0 saturated carbocycles. The number of piperidine rings is 1. The molecule has 0 bridgehead atoms.